The van der Waals surface area contributed by atoms with Gasteiger partial charge in [0.15, 0.2) is 0 Å². The fourth-order valence-electron chi connectivity index (χ4n) is 0.530. The normalized spacial score (nSPS) is 10.1. The number of likely N-dealkylation sites (N-methyl/N-ethyl adjacent to an activating group) is 1. The summed E-state index contributed by atoms with van der Waals surface area (Å²) in [5.74, 6) is 0. The number of hydrogen-bond acceptors (Lipinski definition) is 2. The van der Waals surface area contributed by atoms with Crippen molar-refractivity contribution < 1.29 is 0 Å². The van der Waals surface area contributed by atoms with Crippen LogP contribution in [-0.4, -0.2) is 7.05 Å². The standard InChI is InChI=1S/C7H10N2/c1-4-7(9-3)6(2)5-8/h4,9H,2H2,1,3H3/b7-4+. The van der Waals surface area contributed by atoms with Gasteiger partial charge in [0.1, 0.15) is 6.07 Å². The summed E-state index contributed by atoms with van der Waals surface area (Å²) in [7, 11) is 1.76. The third-order valence-electron chi connectivity index (χ3n) is 1.02. The van der Waals surface area contributed by atoms with E-state index in [9.17, 15) is 0 Å². The highest BCUT2D eigenvalue weighted by Gasteiger charge is 1.93. The molecule has 0 heterocycles. The van der Waals surface area contributed by atoms with Crippen molar-refractivity contribution in [2.75, 3.05) is 7.05 Å². The maximum Gasteiger partial charge on any atom is 0.101 e. The summed E-state index contributed by atoms with van der Waals surface area (Å²) < 4.78 is 0. The molecule has 0 bridgehead atoms. The van der Waals surface area contributed by atoms with Crippen LogP contribution in [0.5, 0.6) is 0 Å². The molecule has 9 heavy (non-hydrogen) atoms. The van der Waals surface area contributed by atoms with Crippen LogP contribution in [0.1, 0.15) is 6.92 Å². The zero-order valence-electron chi connectivity index (χ0n) is 5.73. The van der Waals surface area contributed by atoms with Crippen molar-refractivity contribution in [1.82, 2.24) is 5.32 Å². The molecule has 0 aliphatic heterocycles. The highest BCUT2D eigenvalue weighted by molar-refractivity contribution is 5.37. The first kappa shape index (κ1) is 7.77. The van der Waals surface area contributed by atoms with E-state index in [1.54, 1.807) is 7.05 Å². The lowest BCUT2D eigenvalue weighted by molar-refractivity contribution is 1.01. The largest absolute Gasteiger partial charge is 0.387 e. The Morgan fingerprint density at radius 2 is 2.33 bits per heavy atom. The average Bonchev–Trinajstić information content (AvgIpc) is 1.90. The van der Waals surface area contributed by atoms with Gasteiger partial charge in [0.2, 0.25) is 0 Å². The second-order valence-electron chi connectivity index (χ2n) is 1.54. The van der Waals surface area contributed by atoms with Crippen LogP contribution < -0.4 is 5.32 Å². The van der Waals surface area contributed by atoms with Crippen LogP contribution in [-0.2, 0) is 0 Å². The van der Waals surface area contributed by atoms with Gasteiger partial charge >= 0.3 is 0 Å². The lowest BCUT2D eigenvalue weighted by Crippen LogP contribution is -2.05. The summed E-state index contributed by atoms with van der Waals surface area (Å²) in [4.78, 5) is 0. The van der Waals surface area contributed by atoms with Gasteiger partial charge in [-0.05, 0) is 6.92 Å². The van der Waals surface area contributed by atoms with Crippen molar-refractivity contribution in [2.24, 2.45) is 0 Å². The van der Waals surface area contributed by atoms with Gasteiger partial charge in [-0.3, -0.25) is 0 Å². The second-order valence-corrected chi connectivity index (χ2v) is 1.54. The van der Waals surface area contributed by atoms with Gasteiger partial charge in [-0.25, -0.2) is 0 Å². The average molecular weight is 122 g/mol. The molecule has 0 aromatic heterocycles. The van der Waals surface area contributed by atoms with E-state index in [1.165, 1.54) is 0 Å². The SMILES string of the molecule is C=C(C#N)/C(=C\C)NC. The molecule has 0 aliphatic rings. The van der Waals surface area contributed by atoms with Gasteiger partial charge < -0.3 is 5.32 Å². The number of rotatable bonds is 2. The fourth-order valence-corrected chi connectivity index (χ4v) is 0.530. The molecule has 0 unspecified atom stereocenters. The molecule has 2 nitrogen and oxygen atoms in total. The quantitative estimate of drug-likeness (QED) is 0.441. The van der Waals surface area contributed by atoms with Gasteiger partial charge in [0.05, 0.1) is 5.57 Å². The van der Waals surface area contributed by atoms with Gasteiger partial charge in [-0.15, -0.1) is 0 Å². The van der Waals surface area contributed by atoms with Crippen molar-refractivity contribution in [2.45, 2.75) is 6.92 Å². The Bertz CT molecular complexity index is 172. The molecular formula is C7H10N2. The van der Waals surface area contributed by atoms with E-state index in [0.29, 0.717) is 5.57 Å². The Hall–Kier alpha value is -1.23. The van der Waals surface area contributed by atoms with E-state index in [4.69, 9.17) is 5.26 Å². The molecule has 0 saturated heterocycles. The van der Waals surface area contributed by atoms with E-state index in [1.807, 2.05) is 19.1 Å². The van der Waals surface area contributed by atoms with Gasteiger partial charge in [-0.1, -0.05) is 12.7 Å². The molecule has 0 fully saturated rings. The van der Waals surface area contributed by atoms with Crippen LogP contribution in [0.15, 0.2) is 23.9 Å². The Morgan fingerprint density at radius 1 is 1.78 bits per heavy atom. The predicted octanol–water partition coefficient (Wildman–Crippen LogP) is 1.19. The predicted molar refractivity (Wildman–Crippen MR) is 37.6 cm³/mol. The number of hydrogen-bond donors (Lipinski definition) is 1. The zero-order valence-corrected chi connectivity index (χ0v) is 5.73. The van der Waals surface area contributed by atoms with Crippen molar-refractivity contribution in [1.29, 1.82) is 5.26 Å². The summed E-state index contributed by atoms with van der Waals surface area (Å²) in [6, 6.07) is 1.94. The van der Waals surface area contributed by atoms with E-state index >= 15 is 0 Å². The van der Waals surface area contributed by atoms with Crippen LogP contribution in [0, 0.1) is 11.3 Å². The van der Waals surface area contributed by atoms with Crippen molar-refractivity contribution in [3.05, 3.63) is 23.9 Å². The molecule has 0 saturated carbocycles. The Labute approximate surface area is 55.5 Å². The number of nitrogens with zero attached hydrogens (tertiary/aromatic N) is 1. The van der Waals surface area contributed by atoms with Crippen LogP contribution in [0.25, 0.3) is 0 Å². The first-order chi connectivity index (χ1) is 4.26. The minimum absolute atomic E-state index is 0.472. The molecule has 48 valence electrons. The number of allylic oxidation sites excluding steroid dienone is 2. The third-order valence-corrected chi connectivity index (χ3v) is 1.02. The summed E-state index contributed by atoms with van der Waals surface area (Å²) in [5.41, 5.74) is 1.26. The third kappa shape index (κ3) is 2.00. The van der Waals surface area contributed by atoms with Crippen LogP contribution >= 0.6 is 0 Å². The summed E-state index contributed by atoms with van der Waals surface area (Å²) >= 11 is 0. The van der Waals surface area contributed by atoms with Gasteiger partial charge in [0, 0.05) is 12.7 Å². The smallest absolute Gasteiger partial charge is 0.101 e. The molecule has 0 radical (unpaired) electrons. The van der Waals surface area contributed by atoms with E-state index in [2.05, 4.69) is 11.9 Å². The minimum atomic E-state index is 0.472. The van der Waals surface area contributed by atoms with Crippen molar-refractivity contribution in [3.8, 4) is 6.07 Å². The summed E-state index contributed by atoms with van der Waals surface area (Å²) in [6.07, 6.45) is 1.81. The van der Waals surface area contributed by atoms with E-state index in [-0.39, 0.29) is 0 Å². The highest BCUT2D eigenvalue weighted by Crippen LogP contribution is 1.99. The summed E-state index contributed by atoms with van der Waals surface area (Å²) in [5, 5.41) is 11.2. The molecular weight excluding hydrogens is 112 g/mol. The molecule has 0 aliphatic carbocycles. The molecule has 0 aromatic rings. The molecule has 0 aromatic carbocycles. The first-order valence-corrected chi connectivity index (χ1v) is 2.69. The highest BCUT2D eigenvalue weighted by atomic mass is 14.8. The lowest BCUT2D eigenvalue weighted by Gasteiger charge is -1.99. The fraction of sp³-hybridized carbons (Fsp3) is 0.286. The van der Waals surface area contributed by atoms with Gasteiger partial charge in [-0.2, -0.15) is 5.26 Å². The molecule has 0 rings (SSSR count). The van der Waals surface area contributed by atoms with Crippen molar-refractivity contribution >= 4 is 0 Å². The van der Waals surface area contributed by atoms with Crippen LogP contribution in [0.3, 0.4) is 0 Å². The molecule has 0 amide bonds. The zero-order chi connectivity index (χ0) is 7.28. The molecule has 0 atom stereocenters. The topological polar surface area (TPSA) is 35.8 Å². The van der Waals surface area contributed by atoms with Crippen LogP contribution in [0.2, 0.25) is 0 Å². The maximum atomic E-state index is 8.34. The Balaban J connectivity index is 4.19. The van der Waals surface area contributed by atoms with E-state index in [0.717, 1.165) is 5.70 Å². The Kier molecular flexibility index (Phi) is 3.22. The molecule has 2 heteroatoms. The van der Waals surface area contributed by atoms with Crippen molar-refractivity contribution in [3.63, 3.8) is 0 Å². The van der Waals surface area contributed by atoms with Gasteiger partial charge in [0.25, 0.3) is 0 Å². The lowest BCUT2D eigenvalue weighted by atomic mass is 10.2. The first-order valence-electron chi connectivity index (χ1n) is 2.69. The second kappa shape index (κ2) is 3.73. The summed E-state index contributed by atoms with van der Waals surface area (Å²) in [6.45, 7) is 5.38. The minimum Gasteiger partial charge on any atom is -0.387 e. The maximum absolute atomic E-state index is 8.34. The van der Waals surface area contributed by atoms with E-state index < -0.39 is 0 Å². The number of nitrogens with one attached hydrogen (secondary N) is 1. The monoisotopic (exact) mass is 122 g/mol. The number of nitriles is 1. The Morgan fingerprint density at radius 3 is 2.44 bits per heavy atom. The van der Waals surface area contributed by atoms with Crippen LogP contribution in [0.4, 0.5) is 0 Å². The molecule has 1 N–H and O–H groups in total. The molecule has 0 spiro atoms.